The zero-order valence-electron chi connectivity index (χ0n) is 25.1. The van der Waals surface area contributed by atoms with E-state index in [1.807, 2.05) is 55.5 Å². The van der Waals surface area contributed by atoms with E-state index in [1.54, 1.807) is 36.6 Å². The molecule has 0 bridgehead atoms. The lowest BCUT2D eigenvalue weighted by Crippen LogP contribution is -2.30. The number of halogens is 3. The Labute approximate surface area is 259 Å². The van der Waals surface area contributed by atoms with Gasteiger partial charge in [0.15, 0.2) is 11.0 Å². The SMILES string of the molecule is Cc1ccc(N2C(=O)/C(=C\c3ccc(C(C)C)cc3)N=C2SCC(=O)c2cc(C)n(-c3cccc(C(F)(F)F)c3)c2C)cc1. The minimum atomic E-state index is -4.48. The van der Waals surface area contributed by atoms with E-state index in [0.717, 1.165) is 35.0 Å². The summed E-state index contributed by atoms with van der Waals surface area (Å²) in [5, 5.41) is 0.379. The van der Waals surface area contributed by atoms with Crippen molar-refractivity contribution in [3.05, 3.63) is 124 Å². The molecule has 226 valence electrons. The Morgan fingerprint density at radius 2 is 1.61 bits per heavy atom. The Balaban J connectivity index is 1.42. The van der Waals surface area contributed by atoms with Crippen molar-refractivity contribution in [3.8, 4) is 5.69 Å². The van der Waals surface area contributed by atoms with Crippen LogP contribution in [-0.4, -0.2) is 27.2 Å². The van der Waals surface area contributed by atoms with Crippen LogP contribution in [0.15, 0.2) is 89.6 Å². The van der Waals surface area contributed by atoms with Crippen LogP contribution < -0.4 is 4.90 Å². The van der Waals surface area contributed by atoms with Crippen LogP contribution in [0, 0.1) is 20.8 Å². The van der Waals surface area contributed by atoms with E-state index in [1.165, 1.54) is 16.5 Å². The molecule has 3 aromatic carbocycles. The van der Waals surface area contributed by atoms with Crippen molar-refractivity contribution in [2.24, 2.45) is 4.99 Å². The first-order chi connectivity index (χ1) is 20.8. The van der Waals surface area contributed by atoms with E-state index in [4.69, 9.17) is 0 Å². The highest BCUT2D eigenvalue weighted by molar-refractivity contribution is 8.14. The lowest BCUT2D eigenvalue weighted by Gasteiger charge is -2.18. The van der Waals surface area contributed by atoms with Gasteiger partial charge in [0.25, 0.3) is 5.91 Å². The Morgan fingerprint density at radius 3 is 2.25 bits per heavy atom. The van der Waals surface area contributed by atoms with Crippen molar-refractivity contribution < 1.29 is 22.8 Å². The highest BCUT2D eigenvalue weighted by Gasteiger charge is 2.33. The van der Waals surface area contributed by atoms with Crippen molar-refractivity contribution in [3.63, 3.8) is 0 Å². The second kappa shape index (κ2) is 12.3. The zero-order chi connectivity index (χ0) is 31.8. The van der Waals surface area contributed by atoms with E-state index < -0.39 is 11.7 Å². The lowest BCUT2D eigenvalue weighted by atomic mass is 10.0. The number of alkyl halides is 3. The van der Waals surface area contributed by atoms with Crippen LogP contribution in [0.5, 0.6) is 0 Å². The third-order valence-electron chi connectivity index (χ3n) is 7.52. The van der Waals surface area contributed by atoms with Gasteiger partial charge in [-0.25, -0.2) is 4.99 Å². The summed E-state index contributed by atoms with van der Waals surface area (Å²) in [7, 11) is 0. The quantitative estimate of drug-likeness (QED) is 0.154. The van der Waals surface area contributed by atoms with Crippen LogP contribution in [0.25, 0.3) is 11.8 Å². The highest BCUT2D eigenvalue weighted by atomic mass is 32.2. The van der Waals surface area contributed by atoms with Gasteiger partial charge in [-0.3, -0.25) is 14.5 Å². The molecule has 0 saturated heterocycles. The number of amidine groups is 1. The van der Waals surface area contributed by atoms with Crippen molar-refractivity contribution in [1.29, 1.82) is 0 Å². The number of benzene rings is 3. The standard InChI is InChI=1S/C35H32F3N3O2S/c1-21(2)26-13-11-25(12-14-26)18-31-33(43)41(28-15-9-22(3)10-16-28)34(39-31)44-20-32(42)30-17-23(4)40(24(30)5)29-8-6-7-27(19-29)35(36,37)38/h6-19,21H,20H2,1-5H3/b31-18+. The fraction of sp³-hybridized carbons (Fsp3) is 0.229. The molecular formula is C35H32F3N3O2S. The fourth-order valence-corrected chi connectivity index (χ4v) is 6.02. The first-order valence-corrected chi connectivity index (χ1v) is 15.2. The average Bonchev–Trinajstić information content (AvgIpc) is 3.46. The van der Waals surface area contributed by atoms with Crippen molar-refractivity contribution in [1.82, 2.24) is 4.57 Å². The second-order valence-electron chi connectivity index (χ2n) is 11.1. The molecule has 44 heavy (non-hydrogen) atoms. The third kappa shape index (κ3) is 6.43. The van der Waals surface area contributed by atoms with Gasteiger partial charge in [-0.05, 0) is 80.3 Å². The molecule has 0 radical (unpaired) electrons. The first-order valence-electron chi connectivity index (χ1n) is 14.2. The highest BCUT2D eigenvalue weighted by Crippen LogP contribution is 2.33. The summed E-state index contributed by atoms with van der Waals surface area (Å²) in [4.78, 5) is 33.3. The van der Waals surface area contributed by atoms with Gasteiger partial charge in [0, 0.05) is 22.6 Å². The molecule has 5 nitrogen and oxygen atoms in total. The van der Waals surface area contributed by atoms with Gasteiger partial charge in [-0.2, -0.15) is 13.2 Å². The summed E-state index contributed by atoms with van der Waals surface area (Å²) in [6.45, 7) is 9.66. The maximum Gasteiger partial charge on any atom is 0.416 e. The number of hydrogen-bond donors (Lipinski definition) is 0. The summed E-state index contributed by atoms with van der Waals surface area (Å²) in [5.74, 6) is -0.145. The molecule has 1 aromatic heterocycles. The Kier molecular flexibility index (Phi) is 8.70. The smallest absolute Gasteiger partial charge is 0.318 e. The number of aryl methyl sites for hydroxylation is 2. The molecule has 0 aliphatic carbocycles. The molecule has 0 saturated carbocycles. The van der Waals surface area contributed by atoms with E-state index in [-0.39, 0.29) is 23.1 Å². The van der Waals surface area contributed by atoms with Gasteiger partial charge >= 0.3 is 6.18 Å². The van der Waals surface area contributed by atoms with E-state index >= 15 is 0 Å². The molecular weight excluding hydrogens is 583 g/mol. The van der Waals surface area contributed by atoms with Gasteiger partial charge in [0.1, 0.15) is 5.70 Å². The summed E-state index contributed by atoms with van der Waals surface area (Å²) >= 11 is 1.15. The van der Waals surface area contributed by atoms with E-state index in [0.29, 0.717) is 39.4 Å². The fourth-order valence-electron chi connectivity index (χ4n) is 5.12. The summed E-state index contributed by atoms with van der Waals surface area (Å²) in [5.41, 5.74) is 5.13. The van der Waals surface area contributed by atoms with Crippen LogP contribution in [-0.2, 0) is 11.0 Å². The number of Topliss-reactive ketones (excluding diaryl/α,β-unsaturated/α-hetero) is 1. The first kappa shape index (κ1) is 31.1. The number of rotatable bonds is 7. The molecule has 0 N–H and O–H groups in total. The predicted octanol–water partition coefficient (Wildman–Crippen LogP) is 8.90. The van der Waals surface area contributed by atoms with Crippen LogP contribution in [0.3, 0.4) is 0 Å². The molecule has 5 rings (SSSR count). The number of thioether (sulfide) groups is 1. The maximum atomic E-state index is 13.6. The monoisotopic (exact) mass is 615 g/mol. The summed E-state index contributed by atoms with van der Waals surface area (Å²) in [6.07, 6.45) is -2.74. The minimum absolute atomic E-state index is 0.0161. The lowest BCUT2D eigenvalue weighted by molar-refractivity contribution is -0.137. The molecule has 4 aromatic rings. The topological polar surface area (TPSA) is 54.7 Å². The van der Waals surface area contributed by atoms with Gasteiger partial charge in [0.2, 0.25) is 0 Å². The average molecular weight is 616 g/mol. The normalized spacial score (nSPS) is 14.6. The van der Waals surface area contributed by atoms with E-state index in [9.17, 15) is 22.8 Å². The molecule has 2 heterocycles. The molecule has 0 atom stereocenters. The number of carbonyl (C=O) groups excluding carboxylic acids is 2. The maximum absolute atomic E-state index is 13.6. The van der Waals surface area contributed by atoms with Gasteiger partial charge in [-0.1, -0.05) is 73.6 Å². The van der Waals surface area contributed by atoms with Gasteiger partial charge in [-0.15, -0.1) is 0 Å². The molecule has 1 aliphatic heterocycles. The number of nitrogens with zero attached hydrogens (tertiary/aromatic N) is 3. The van der Waals surface area contributed by atoms with Crippen LogP contribution >= 0.6 is 11.8 Å². The number of amides is 1. The van der Waals surface area contributed by atoms with Crippen LogP contribution in [0.1, 0.15) is 63.8 Å². The minimum Gasteiger partial charge on any atom is -0.318 e. The number of anilines is 1. The molecule has 0 fully saturated rings. The molecule has 0 unspecified atom stereocenters. The predicted molar refractivity (Wildman–Crippen MR) is 172 cm³/mol. The Hall–Kier alpha value is -4.37. The van der Waals surface area contributed by atoms with Crippen molar-refractivity contribution >= 4 is 40.4 Å². The van der Waals surface area contributed by atoms with E-state index in [2.05, 4.69) is 18.8 Å². The van der Waals surface area contributed by atoms with Crippen LogP contribution in [0.2, 0.25) is 0 Å². The Bertz CT molecular complexity index is 1780. The summed E-state index contributed by atoms with van der Waals surface area (Å²) in [6, 6.07) is 22.2. The van der Waals surface area contributed by atoms with Crippen molar-refractivity contribution in [2.75, 3.05) is 10.7 Å². The van der Waals surface area contributed by atoms with Gasteiger partial charge < -0.3 is 4.57 Å². The second-order valence-corrected chi connectivity index (χ2v) is 12.0. The molecule has 1 aliphatic rings. The number of ketones is 1. The van der Waals surface area contributed by atoms with Crippen LogP contribution in [0.4, 0.5) is 18.9 Å². The number of hydrogen-bond acceptors (Lipinski definition) is 4. The third-order valence-corrected chi connectivity index (χ3v) is 8.46. The Morgan fingerprint density at radius 1 is 0.932 bits per heavy atom. The largest absolute Gasteiger partial charge is 0.416 e. The number of aliphatic imine (C=N–C) groups is 1. The molecule has 9 heteroatoms. The number of aromatic nitrogens is 1. The summed E-state index contributed by atoms with van der Waals surface area (Å²) < 4.78 is 41.7. The zero-order valence-corrected chi connectivity index (χ0v) is 25.9. The van der Waals surface area contributed by atoms with Gasteiger partial charge in [0.05, 0.1) is 17.0 Å². The number of carbonyl (C=O) groups is 2. The molecule has 0 spiro atoms. The van der Waals surface area contributed by atoms with Crippen molar-refractivity contribution in [2.45, 2.75) is 46.7 Å². The molecule has 1 amide bonds.